The molecular weight excluding hydrogens is 247 g/mol. The van der Waals surface area contributed by atoms with Crippen LogP contribution in [-0.4, -0.2) is 61.5 Å². The van der Waals surface area contributed by atoms with E-state index in [1.54, 1.807) is 4.90 Å². The number of hydrogen-bond acceptors (Lipinski definition) is 4. The van der Waals surface area contributed by atoms with E-state index in [0.717, 1.165) is 19.3 Å². The predicted molar refractivity (Wildman–Crippen MR) is 70.8 cm³/mol. The number of carbonyl (C=O) groups excluding carboxylic acids is 2. The molecule has 2 amide bonds. The standard InChI is InChI=1S/C12H21BN2O4/c1-3-4-7-19-15-9-5-6-10(11(16)13-18-2)14(8-9)12(15)17/h9-10,13H,3-8H2,1-2H3/t9-,10-/m0/s1. The summed E-state index contributed by atoms with van der Waals surface area (Å²) in [6.45, 7) is 3.23. The van der Waals surface area contributed by atoms with Crippen molar-refractivity contribution in [3.05, 3.63) is 0 Å². The number of hydrogen-bond donors (Lipinski definition) is 0. The van der Waals surface area contributed by atoms with Crippen molar-refractivity contribution in [3.8, 4) is 0 Å². The summed E-state index contributed by atoms with van der Waals surface area (Å²) in [6.07, 6.45) is 3.48. The van der Waals surface area contributed by atoms with E-state index in [4.69, 9.17) is 9.49 Å². The van der Waals surface area contributed by atoms with Crippen LogP contribution in [0.5, 0.6) is 0 Å². The van der Waals surface area contributed by atoms with Crippen LogP contribution >= 0.6 is 0 Å². The summed E-state index contributed by atoms with van der Waals surface area (Å²) in [5, 5.41) is 1.47. The lowest BCUT2D eigenvalue weighted by atomic mass is 9.82. The number of amides is 2. The summed E-state index contributed by atoms with van der Waals surface area (Å²) < 4.78 is 4.87. The summed E-state index contributed by atoms with van der Waals surface area (Å²) >= 11 is 0. The number of hydroxylamine groups is 2. The minimum atomic E-state index is -0.344. The van der Waals surface area contributed by atoms with Crippen LogP contribution < -0.4 is 0 Å². The number of unbranched alkanes of at least 4 members (excludes halogenated alkanes) is 1. The lowest BCUT2D eigenvalue weighted by Crippen LogP contribution is -2.47. The minimum Gasteiger partial charge on any atom is -0.434 e. The van der Waals surface area contributed by atoms with Crippen molar-refractivity contribution in [2.45, 2.75) is 44.7 Å². The van der Waals surface area contributed by atoms with Gasteiger partial charge in [0, 0.05) is 13.7 Å². The van der Waals surface area contributed by atoms with E-state index < -0.39 is 0 Å². The van der Waals surface area contributed by atoms with Gasteiger partial charge in [0.25, 0.3) is 0 Å². The highest BCUT2D eigenvalue weighted by Crippen LogP contribution is 2.30. The molecule has 0 spiro atoms. The highest BCUT2D eigenvalue weighted by atomic mass is 16.7. The van der Waals surface area contributed by atoms with Crippen molar-refractivity contribution in [3.63, 3.8) is 0 Å². The van der Waals surface area contributed by atoms with Crippen molar-refractivity contribution in [1.29, 1.82) is 0 Å². The maximum absolute atomic E-state index is 12.2. The van der Waals surface area contributed by atoms with Gasteiger partial charge in [-0.3, -0.25) is 4.84 Å². The molecule has 106 valence electrons. The average molecular weight is 268 g/mol. The molecule has 0 aromatic heterocycles. The second kappa shape index (κ2) is 6.39. The van der Waals surface area contributed by atoms with Gasteiger partial charge < -0.3 is 14.3 Å². The van der Waals surface area contributed by atoms with Crippen LogP contribution in [-0.2, 0) is 14.3 Å². The summed E-state index contributed by atoms with van der Waals surface area (Å²) in [5.74, 6) is 0. The topological polar surface area (TPSA) is 59.1 Å². The van der Waals surface area contributed by atoms with Gasteiger partial charge in [-0.15, -0.1) is 0 Å². The Bertz CT molecular complexity index is 353. The molecule has 0 radical (unpaired) electrons. The Hall–Kier alpha value is -1.08. The molecule has 0 aromatic carbocycles. The zero-order valence-corrected chi connectivity index (χ0v) is 11.6. The van der Waals surface area contributed by atoms with Crippen molar-refractivity contribution in [2.75, 3.05) is 20.3 Å². The van der Waals surface area contributed by atoms with Crippen LogP contribution in [0.1, 0.15) is 32.6 Å². The Kier molecular flexibility index (Phi) is 4.82. The van der Waals surface area contributed by atoms with Gasteiger partial charge in [-0.1, -0.05) is 13.3 Å². The molecule has 2 saturated heterocycles. The Balaban J connectivity index is 1.96. The largest absolute Gasteiger partial charge is 0.434 e. The molecule has 2 bridgehead atoms. The predicted octanol–water partition coefficient (Wildman–Crippen LogP) is 0.511. The highest BCUT2D eigenvalue weighted by molar-refractivity contribution is 6.70. The first kappa shape index (κ1) is 14.3. The van der Waals surface area contributed by atoms with Crippen molar-refractivity contribution in [1.82, 2.24) is 9.96 Å². The van der Waals surface area contributed by atoms with Crippen LogP contribution in [0.25, 0.3) is 0 Å². The summed E-state index contributed by atoms with van der Waals surface area (Å²) in [4.78, 5) is 31.3. The molecule has 0 saturated carbocycles. The third kappa shape index (κ3) is 2.92. The fourth-order valence-electron chi connectivity index (χ4n) is 2.68. The normalized spacial score (nSPS) is 25.9. The Morgan fingerprint density at radius 2 is 2.26 bits per heavy atom. The molecule has 7 heteroatoms. The first-order valence-electron chi connectivity index (χ1n) is 6.93. The van der Waals surface area contributed by atoms with Gasteiger partial charge in [-0.2, -0.15) is 5.06 Å². The average Bonchev–Trinajstić information content (AvgIpc) is 2.64. The van der Waals surface area contributed by atoms with Crippen LogP contribution in [0.4, 0.5) is 4.79 Å². The molecule has 6 nitrogen and oxygen atoms in total. The minimum absolute atomic E-state index is 0.0234. The number of piperidine rings is 1. The van der Waals surface area contributed by atoms with E-state index in [1.807, 2.05) is 0 Å². The van der Waals surface area contributed by atoms with Crippen LogP contribution in [0.3, 0.4) is 0 Å². The fourth-order valence-corrected chi connectivity index (χ4v) is 2.68. The van der Waals surface area contributed by atoms with E-state index in [9.17, 15) is 9.59 Å². The molecule has 2 heterocycles. The summed E-state index contributed by atoms with van der Waals surface area (Å²) in [6, 6.07) is -0.424. The van der Waals surface area contributed by atoms with Crippen molar-refractivity contribution < 1.29 is 19.1 Å². The van der Waals surface area contributed by atoms with E-state index in [2.05, 4.69) is 6.92 Å². The Morgan fingerprint density at radius 1 is 1.47 bits per heavy atom. The second-order valence-electron chi connectivity index (χ2n) is 5.09. The number of carbonyl (C=O) groups is 2. The molecule has 0 unspecified atom stereocenters. The van der Waals surface area contributed by atoms with Crippen LogP contribution in [0, 0.1) is 0 Å². The molecule has 2 rings (SSSR count). The van der Waals surface area contributed by atoms with Gasteiger partial charge in [0.2, 0.25) is 0 Å². The molecule has 0 aromatic rings. The Morgan fingerprint density at radius 3 is 2.95 bits per heavy atom. The second-order valence-corrected chi connectivity index (χ2v) is 5.09. The van der Waals surface area contributed by atoms with Gasteiger partial charge in [-0.25, -0.2) is 4.79 Å². The lowest BCUT2D eigenvalue weighted by molar-refractivity contribution is -0.130. The van der Waals surface area contributed by atoms with E-state index in [1.165, 1.54) is 12.2 Å². The fraction of sp³-hybridized carbons (Fsp3) is 0.833. The molecule has 0 N–H and O–H groups in total. The summed E-state index contributed by atoms with van der Waals surface area (Å²) in [5.41, 5.74) is -0.0234. The van der Waals surface area contributed by atoms with E-state index in [-0.39, 0.29) is 31.3 Å². The molecule has 2 fully saturated rings. The molecule has 2 aliphatic heterocycles. The highest BCUT2D eigenvalue weighted by Gasteiger charge is 2.47. The van der Waals surface area contributed by atoms with Gasteiger partial charge in [0.15, 0.2) is 0 Å². The van der Waals surface area contributed by atoms with E-state index >= 15 is 0 Å². The number of urea groups is 1. The maximum Gasteiger partial charge on any atom is 0.353 e. The van der Waals surface area contributed by atoms with Gasteiger partial charge in [0.05, 0.1) is 18.7 Å². The maximum atomic E-state index is 12.2. The first-order chi connectivity index (χ1) is 9.19. The first-order valence-corrected chi connectivity index (χ1v) is 6.93. The molecule has 0 aliphatic carbocycles. The zero-order valence-electron chi connectivity index (χ0n) is 11.6. The molecular formula is C12H21BN2O4. The van der Waals surface area contributed by atoms with E-state index in [0.29, 0.717) is 19.6 Å². The van der Waals surface area contributed by atoms with Crippen molar-refractivity contribution in [2.24, 2.45) is 0 Å². The third-order valence-electron chi connectivity index (χ3n) is 3.71. The third-order valence-corrected chi connectivity index (χ3v) is 3.71. The monoisotopic (exact) mass is 268 g/mol. The smallest absolute Gasteiger partial charge is 0.353 e. The number of fused-ring (bicyclic) bond motifs is 2. The number of nitrogens with zero attached hydrogens (tertiary/aromatic N) is 2. The van der Waals surface area contributed by atoms with Gasteiger partial charge >= 0.3 is 13.5 Å². The summed E-state index contributed by atoms with van der Waals surface area (Å²) in [7, 11) is 1.56. The number of rotatable bonds is 7. The molecule has 2 aliphatic rings. The zero-order chi connectivity index (χ0) is 13.8. The van der Waals surface area contributed by atoms with Gasteiger partial charge in [-0.05, 0) is 19.3 Å². The SMILES string of the molecule is CCCCON1C(=O)N2C[C@@H]1CC[C@H]2C(=O)BOC. The molecule has 2 atom stereocenters. The Labute approximate surface area is 114 Å². The molecule has 19 heavy (non-hydrogen) atoms. The van der Waals surface area contributed by atoms with Gasteiger partial charge in [0.1, 0.15) is 5.68 Å². The van der Waals surface area contributed by atoms with Crippen LogP contribution in [0.15, 0.2) is 0 Å². The lowest BCUT2D eigenvalue weighted by Gasteiger charge is -2.28. The van der Waals surface area contributed by atoms with Crippen molar-refractivity contribution >= 4 is 19.2 Å². The quantitative estimate of drug-likeness (QED) is 0.498. The van der Waals surface area contributed by atoms with Crippen LogP contribution in [0.2, 0.25) is 0 Å².